The SMILES string of the molecule is Br[C@@H]1[C@H]2CNCC[C@@H]12. The second-order valence-electron chi connectivity index (χ2n) is 2.76. The van der Waals surface area contributed by atoms with E-state index < -0.39 is 0 Å². The fourth-order valence-electron chi connectivity index (χ4n) is 1.57. The second-order valence-corrected chi connectivity index (χ2v) is 3.82. The number of nitrogens with one attached hydrogen (secondary N) is 1. The molecular formula is C6H10BrN. The molecule has 3 atom stereocenters. The van der Waals surface area contributed by atoms with Crippen molar-refractivity contribution in [2.75, 3.05) is 13.1 Å². The zero-order chi connectivity index (χ0) is 5.56. The summed E-state index contributed by atoms with van der Waals surface area (Å²) in [5, 5.41) is 3.38. The fourth-order valence-corrected chi connectivity index (χ4v) is 2.63. The Kier molecular flexibility index (Phi) is 1.12. The van der Waals surface area contributed by atoms with Crippen LogP contribution in [0.4, 0.5) is 0 Å². The predicted molar refractivity (Wildman–Crippen MR) is 37.2 cm³/mol. The molecule has 1 saturated carbocycles. The standard InChI is InChI=1S/C6H10BrN/c7-6-4-1-2-8-3-5(4)6/h4-6,8H,1-3H2/t4-,5+,6+/m1/s1. The van der Waals surface area contributed by atoms with Crippen LogP contribution in [0.1, 0.15) is 6.42 Å². The Bertz CT molecular complexity index is 92.7. The molecule has 1 N–H and O–H groups in total. The van der Waals surface area contributed by atoms with Crippen molar-refractivity contribution in [2.24, 2.45) is 11.8 Å². The lowest BCUT2D eigenvalue weighted by molar-refractivity contribution is 0.497. The van der Waals surface area contributed by atoms with Gasteiger partial charge in [-0.25, -0.2) is 0 Å². The van der Waals surface area contributed by atoms with Gasteiger partial charge in [-0.2, -0.15) is 0 Å². The van der Waals surface area contributed by atoms with Gasteiger partial charge < -0.3 is 5.32 Å². The molecule has 0 spiro atoms. The highest BCUT2D eigenvalue weighted by Crippen LogP contribution is 2.48. The quantitative estimate of drug-likeness (QED) is 0.542. The van der Waals surface area contributed by atoms with Gasteiger partial charge in [-0.05, 0) is 31.3 Å². The van der Waals surface area contributed by atoms with Crippen LogP contribution in [0.25, 0.3) is 0 Å². The largest absolute Gasteiger partial charge is 0.316 e. The summed E-state index contributed by atoms with van der Waals surface area (Å²) in [6, 6.07) is 0. The first kappa shape index (κ1) is 5.24. The van der Waals surface area contributed by atoms with E-state index in [0.29, 0.717) is 0 Å². The van der Waals surface area contributed by atoms with Crippen LogP contribution in [0.5, 0.6) is 0 Å². The third-order valence-corrected chi connectivity index (χ3v) is 3.62. The van der Waals surface area contributed by atoms with Gasteiger partial charge in [-0.3, -0.25) is 0 Å². The van der Waals surface area contributed by atoms with E-state index in [9.17, 15) is 0 Å². The minimum atomic E-state index is 0.859. The van der Waals surface area contributed by atoms with E-state index in [4.69, 9.17) is 0 Å². The lowest BCUT2D eigenvalue weighted by Gasteiger charge is -2.07. The van der Waals surface area contributed by atoms with Crippen LogP contribution in [-0.2, 0) is 0 Å². The first-order valence-electron chi connectivity index (χ1n) is 3.24. The molecule has 0 aromatic carbocycles. The molecule has 1 saturated heterocycles. The van der Waals surface area contributed by atoms with Gasteiger partial charge >= 0.3 is 0 Å². The van der Waals surface area contributed by atoms with Gasteiger partial charge in [0.15, 0.2) is 0 Å². The summed E-state index contributed by atoms with van der Waals surface area (Å²) < 4.78 is 0. The van der Waals surface area contributed by atoms with E-state index in [-0.39, 0.29) is 0 Å². The Balaban J connectivity index is 1.97. The minimum Gasteiger partial charge on any atom is -0.316 e. The molecular weight excluding hydrogens is 166 g/mol. The summed E-state index contributed by atoms with van der Waals surface area (Å²) >= 11 is 3.64. The average Bonchev–Trinajstić information content (AvgIpc) is 2.46. The van der Waals surface area contributed by atoms with E-state index in [2.05, 4.69) is 21.2 Å². The third-order valence-electron chi connectivity index (χ3n) is 2.26. The molecule has 0 aromatic rings. The zero-order valence-electron chi connectivity index (χ0n) is 4.73. The van der Waals surface area contributed by atoms with Gasteiger partial charge in [0.25, 0.3) is 0 Å². The highest BCUT2D eigenvalue weighted by molar-refractivity contribution is 9.09. The third kappa shape index (κ3) is 0.627. The van der Waals surface area contributed by atoms with Crippen LogP contribution in [0.15, 0.2) is 0 Å². The summed E-state index contributed by atoms with van der Waals surface area (Å²) in [7, 11) is 0. The fraction of sp³-hybridized carbons (Fsp3) is 1.00. The molecule has 46 valence electrons. The Hall–Kier alpha value is 0.440. The maximum absolute atomic E-state index is 3.64. The number of piperidine rings is 1. The molecule has 2 heteroatoms. The number of hydrogen-bond donors (Lipinski definition) is 1. The lowest BCUT2D eigenvalue weighted by atomic mass is 10.2. The van der Waals surface area contributed by atoms with Crippen molar-refractivity contribution in [3.63, 3.8) is 0 Å². The Morgan fingerprint density at radius 1 is 1.38 bits per heavy atom. The maximum Gasteiger partial charge on any atom is 0.0221 e. The Labute approximate surface area is 58.0 Å². The number of alkyl halides is 1. The average molecular weight is 176 g/mol. The number of fused-ring (bicyclic) bond motifs is 1. The number of rotatable bonds is 0. The molecule has 0 radical (unpaired) electrons. The number of halogens is 1. The molecule has 1 aliphatic carbocycles. The van der Waals surface area contributed by atoms with Crippen molar-refractivity contribution in [1.82, 2.24) is 5.32 Å². The van der Waals surface area contributed by atoms with Crippen molar-refractivity contribution in [3.05, 3.63) is 0 Å². The van der Waals surface area contributed by atoms with Crippen LogP contribution >= 0.6 is 15.9 Å². The minimum absolute atomic E-state index is 0.859. The smallest absolute Gasteiger partial charge is 0.0221 e. The van der Waals surface area contributed by atoms with Crippen LogP contribution in [-0.4, -0.2) is 17.9 Å². The molecule has 2 fully saturated rings. The van der Waals surface area contributed by atoms with Gasteiger partial charge in [0.2, 0.25) is 0 Å². The molecule has 0 amide bonds. The van der Waals surface area contributed by atoms with Crippen LogP contribution in [0.3, 0.4) is 0 Å². The summed E-state index contributed by atoms with van der Waals surface area (Å²) in [5.74, 6) is 2.00. The first-order valence-corrected chi connectivity index (χ1v) is 4.16. The van der Waals surface area contributed by atoms with E-state index in [1.165, 1.54) is 19.5 Å². The van der Waals surface area contributed by atoms with E-state index in [1.807, 2.05) is 0 Å². The van der Waals surface area contributed by atoms with Crippen molar-refractivity contribution in [1.29, 1.82) is 0 Å². The highest BCUT2D eigenvalue weighted by Gasteiger charge is 2.48. The first-order chi connectivity index (χ1) is 3.89. The van der Waals surface area contributed by atoms with Crippen LogP contribution < -0.4 is 5.32 Å². The van der Waals surface area contributed by atoms with Crippen LogP contribution in [0.2, 0.25) is 0 Å². The van der Waals surface area contributed by atoms with Crippen molar-refractivity contribution >= 4 is 15.9 Å². The Morgan fingerprint density at radius 3 is 2.75 bits per heavy atom. The lowest BCUT2D eigenvalue weighted by Crippen LogP contribution is -2.23. The van der Waals surface area contributed by atoms with Gasteiger partial charge in [0, 0.05) is 4.83 Å². The zero-order valence-corrected chi connectivity index (χ0v) is 6.32. The molecule has 0 bridgehead atoms. The van der Waals surface area contributed by atoms with Gasteiger partial charge in [0.05, 0.1) is 0 Å². The highest BCUT2D eigenvalue weighted by atomic mass is 79.9. The summed E-state index contributed by atoms with van der Waals surface area (Å²) in [5.41, 5.74) is 0. The molecule has 1 nitrogen and oxygen atoms in total. The summed E-state index contributed by atoms with van der Waals surface area (Å²) in [4.78, 5) is 0.859. The van der Waals surface area contributed by atoms with Gasteiger partial charge in [-0.1, -0.05) is 15.9 Å². The summed E-state index contributed by atoms with van der Waals surface area (Å²) in [6.45, 7) is 2.49. The second kappa shape index (κ2) is 1.71. The van der Waals surface area contributed by atoms with Crippen molar-refractivity contribution < 1.29 is 0 Å². The maximum atomic E-state index is 3.64. The molecule has 1 heterocycles. The molecule has 0 aromatic heterocycles. The van der Waals surface area contributed by atoms with Gasteiger partial charge in [-0.15, -0.1) is 0 Å². The predicted octanol–water partition coefficient (Wildman–Crippen LogP) is 0.989. The molecule has 2 rings (SSSR count). The normalized spacial score (nSPS) is 52.9. The van der Waals surface area contributed by atoms with E-state index in [0.717, 1.165) is 16.7 Å². The molecule has 8 heavy (non-hydrogen) atoms. The van der Waals surface area contributed by atoms with E-state index in [1.54, 1.807) is 0 Å². The molecule has 0 unspecified atom stereocenters. The molecule has 2 aliphatic rings. The van der Waals surface area contributed by atoms with Crippen molar-refractivity contribution in [2.45, 2.75) is 11.2 Å². The van der Waals surface area contributed by atoms with Gasteiger partial charge in [0.1, 0.15) is 0 Å². The molecule has 1 aliphatic heterocycles. The van der Waals surface area contributed by atoms with Crippen molar-refractivity contribution in [3.8, 4) is 0 Å². The topological polar surface area (TPSA) is 12.0 Å². The van der Waals surface area contributed by atoms with E-state index >= 15 is 0 Å². The monoisotopic (exact) mass is 175 g/mol. The Morgan fingerprint density at radius 2 is 2.25 bits per heavy atom. The number of hydrogen-bond acceptors (Lipinski definition) is 1. The van der Waals surface area contributed by atoms with Crippen LogP contribution in [0, 0.1) is 11.8 Å². The summed E-state index contributed by atoms with van der Waals surface area (Å²) in [6.07, 6.45) is 1.39.